The van der Waals surface area contributed by atoms with Gasteiger partial charge in [-0.25, -0.2) is 9.78 Å². The molecule has 1 fully saturated rings. The molecule has 1 aromatic carbocycles. The van der Waals surface area contributed by atoms with E-state index in [0.717, 1.165) is 49.1 Å². The van der Waals surface area contributed by atoms with Gasteiger partial charge in [-0.1, -0.05) is 19.4 Å². The van der Waals surface area contributed by atoms with Gasteiger partial charge in [-0.15, -0.1) is 0 Å². The van der Waals surface area contributed by atoms with E-state index in [9.17, 15) is 9.90 Å². The molecule has 32 heavy (non-hydrogen) atoms. The lowest BCUT2D eigenvalue weighted by Gasteiger charge is -2.31. The van der Waals surface area contributed by atoms with Crippen molar-refractivity contribution in [2.75, 3.05) is 13.2 Å². The van der Waals surface area contributed by atoms with Crippen LogP contribution < -0.4 is 0 Å². The maximum atomic E-state index is 11.3. The Morgan fingerprint density at radius 1 is 1.19 bits per heavy atom. The lowest BCUT2D eigenvalue weighted by atomic mass is 9.82. The van der Waals surface area contributed by atoms with Gasteiger partial charge in [0.25, 0.3) is 0 Å². The zero-order valence-corrected chi connectivity index (χ0v) is 20.1. The van der Waals surface area contributed by atoms with E-state index >= 15 is 0 Å². The van der Waals surface area contributed by atoms with Crippen LogP contribution in [0.25, 0.3) is 11.5 Å². The Hall–Kier alpha value is -2.18. The van der Waals surface area contributed by atoms with Crippen molar-refractivity contribution in [2.45, 2.75) is 78.9 Å². The van der Waals surface area contributed by atoms with Gasteiger partial charge < -0.3 is 19.0 Å². The quantitative estimate of drug-likeness (QED) is 0.505. The smallest absolute Gasteiger partial charge is 0.335 e. The maximum Gasteiger partial charge on any atom is 0.335 e. The van der Waals surface area contributed by atoms with E-state index in [1.54, 1.807) is 13.8 Å². The molecule has 0 aliphatic heterocycles. The fraction of sp³-hybridized carbons (Fsp3) is 0.615. The Kier molecular flexibility index (Phi) is 8.12. The van der Waals surface area contributed by atoms with E-state index in [1.807, 2.05) is 6.07 Å². The summed E-state index contributed by atoms with van der Waals surface area (Å²) in [6.07, 6.45) is 5.11. The second-order valence-electron chi connectivity index (χ2n) is 9.58. The zero-order valence-electron chi connectivity index (χ0n) is 20.1. The average Bonchev–Trinajstić information content (AvgIpc) is 3.18. The fourth-order valence-corrected chi connectivity index (χ4v) is 4.19. The number of aromatic nitrogens is 1. The van der Waals surface area contributed by atoms with Crippen molar-refractivity contribution in [3.63, 3.8) is 0 Å². The van der Waals surface area contributed by atoms with Gasteiger partial charge >= 0.3 is 5.97 Å². The normalized spacial score (nSPS) is 19.3. The summed E-state index contributed by atoms with van der Waals surface area (Å²) in [6, 6.07) is 6.26. The summed E-state index contributed by atoms with van der Waals surface area (Å²) in [4.78, 5) is 16.0. The molecule has 1 aliphatic rings. The number of carboxylic acids is 1. The van der Waals surface area contributed by atoms with E-state index in [4.69, 9.17) is 18.9 Å². The SMILES string of the molecule is CCc1oc(-c2ccc(C)c(C)c2)nc1COC[C@@H]1CCC[C@H](COC(C)(C)C(=O)O)C1. The van der Waals surface area contributed by atoms with Crippen LogP contribution in [0.5, 0.6) is 0 Å². The van der Waals surface area contributed by atoms with E-state index in [0.29, 0.717) is 37.5 Å². The highest BCUT2D eigenvalue weighted by Gasteiger charge is 2.30. The summed E-state index contributed by atoms with van der Waals surface area (Å²) in [5.74, 6) is 1.45. The minimum Gasteiger partial charge on any atom is -0.479 e. The van der Waals surface area contributed by atoms with Crippen LogP contribution in [0.2, 0.25) is 0 Å². The molecular formula is C26H37NO5. The molecule has 6 heteroatoms. The minimum absolute atomic E-state index is 0.380. The van der Waals surface area contributed by atoms with Crippen LogP contribution in [0.15, 0.2) is 22.6 Å². The van der Waals surface area contributed by atoms with E-state index in [2.05, 4.69) is 32.9 Å². The van der Waals surface area contributed by atoms with Crippen LogP contribution in [-0.4, -0.2) is 34.9 Å². The zero-order chi connectivity index (χ0) is 23.3. The molecule has 0 saturated heterocycles. The summed E-state index contributed by atoms with van der Waals surface area (Å²) < 4.78 is 17.8. The highest BCUT2D eigenvalue weighted by molar-refractivity contribution is 5.76. The van der Waals surface area contributed by atoms with Crippen molar-refractivity contribution >= 4 is 5.97 Å². The molecule has 2 aromatic rings. The fourth-order valence-electron chi connectivity index (χ4n) is 4.19. The third-order valence-electron chi connectivity index (χ3n) is 6.53. The summed E-state index contributed by atoms with van der Waals surface area (Å²) in [6.45, 7) is 11.1. The Morgan fingerprint density at radius 2 is 1.91 bits per heavy atom. The van der Waals surface area contributed by atoms with Gasteiger partial charge in [-0.2, -0.15) is 0 Å². The van der Waals surface area contributed by atoms with E-state index < -0.39 is 11.6 Å². The molecule has 176 valence electrons. The topological polar surface area (TPSA) is 81.8 Å². The largest absolute Gasteiger partial charge is 0.479 e. The predicted molar refractivity (Wildman–Crippen MR) is 124 cm³/mol. The predicted octanol–water partition coefficient (Wildman–Crippen LogP) is 5.72. The standard InChI is InChI=1S/C26H37NO5/c1-6-23-22(27-24(32-23)21-11-10-17(2)18(3)12-21)16-30-14-19-8-7-9-20(13-19)15-31-26(4,5)25(28)29/h10-12,19-20H,6-9,13-16H2,1-5H3,(H,28,29)/t19-,20+/m1/s1. The number of ether oxygens (including phenoxy) is 2. The number of nitrogens with zero attached hydrogens (tertiary/aromatic N) is 1. The van der Waals surface area contributed by atoms with Gasteiger partial charge in [0.15, 0.2) is 5.60 Å². The molecule has 0 radical (unpaired) electrons. The summed E-state index contributed by atoms with van der Waals surface area (Å²) in [7, 11) is 0. The Morgan fingerprint density at radius 3 is 2.56 bits per heavy atom. The van der Waals surface area contributed by atoms with Crippen LogP contribution in [0, 0.1) is 25.7 Å². The van der Waals surface area contributed by atoms with Gasteiger partial charge in [0.1, 0.15) is 11.5 Å². The van der Waals surface area contributed by atoms with Crippen LogP contribution in [0.3, 0.4) is 0 Å². The molecule has 1 saturated carbocycles. The van der Waals surface area contributed by atoms with Gasteiger partial charge in [0.2, 0.25) is 5.89 Å². The van der Waals surface area contributed by atoms with Gasteiger partial charge in [-0.05, 0) is 82.1 Å². The van der Waals surface area contributed by atoms with Gasteiger partial charge in [0, 0.05) is 18.6 Å². The molecule has 1 aromatic heterocycles. The summed E-state index contributed by atoms with van der Waals surface area (Å²) >= 11 is 0. The van der Waals surface area contributed by atoms with Crippen molar-refractivity contribution < 1.29 is 23.8 Å². The number of hydrogen-bond acceptors (Lipinski definition) is 5. The van der Waals surface area contributed by atoms with Crippen molar-refractivity contribution in [2.24, 2.45) is 11.8 Å². The van der Waals surface area contributed by atoms with Crippen molar-refractivity contribution in [3.8, 4) is 11.5 Å². The number of aliphatic carboxylic acids is 1. The van der Waals surface area contributed by atoms with Crippen LogP contribution >= 0.6 is 0 Å². The first-order valence-electron chi connectivity index (χ1n) is 11.7. The monoisotopic (exact) mass is 443 g/mol. The molecule has 1 N–H and O–H groups in total. The van der Waals surface area contributed by atoms with Crippen molar-refractivity contribution in [1.82, 2.24) is 4.98 Å². The van der Waals surface area contributed by atoms with Gasteiger partial charge in [-0.3, -0.25) is 0 Å². The number of rotatable bonds is 10. The Bertz CT molecular complexity index is 917. The highest BCUT2D eigenvalue weighted by atomic mass is 16.5. The van der Waals surface area contributed by atoms with Crippen LogP contribution in [-0.2, 0) is 27.3 Å². The average molecular weight is 444 g/mol. The molecule has 3 rings (SSSR count). The summed E-state index contributed by atoms with van der Waals surface area (Å²) in [5.41, 5.74) is 3.20. The molecule has 1 aliphatic carbocycles. The second kappa shape index (κ2) is 10.6. The lowest BCUT2D eigenvalue weighted by Crippen LogP contribution is -2.37. The third kappa shape index (κ3) is 6.20. The van der Waals surface area contributed by atoms with E-state index in [1.165, 1.54) is 11.1 Å². The first kappa shape index (κ1) is 24.5. The molecule has 0 bridgehead atoms. The third-order valence-corrected chi connectivity index (χ3v) is 6.53. The van der Waals surface area contributed by atoms with Crippen LogP contribution in [0.4, 0.5) is 0 Å². The van der Waals surface area contributed by atoms with Gasteiger partial charge in [0.05, 0.1) is 13.2 Å². The van der Waals surface area contributed by atoms with E-state index in [-0.39, 0.29) is 0 Å². The Balaban J connectivity index is 1.53. The molecule has 6 nitrogen and oxygen atoms in total. The first-order valence-corrected chi connectivity index (χ1v) is 11.7. The van der Waals surface area contributed by atoms with Crippen molar-refractivity contribution in [1.29, 1.82) is 0 Å². The van der Waals surface area contributed by atoms with Crippen molar-refractivity contribution in [3.05, 3.63) is 40.8 Å². The minimum atomic E-state index is -1.14. The highest BCUT2D eigenvalue weighted by Crippen LogP contribution is 2.31. The first-order chi connectivity index (χ1) is 15.2. The van der Waals surface area contributed by atoms with Crippen LogP contribution in [0.1, 0.15) is 69.0 Å². The summed E-state index contributed by atoms with van der Waals surface area (Å²) in [5, 5.41) is 9.23. The number of aryl methyl sites for hydroxylation is 3. The number of benzene rings is 1. The maximum absolute atomic E-state index is 11.3. The number of hydrogen-bond donors (Lipinski definition) is 1. The number of oxazole rings is 1. The lowest BCUT2D eigenvalue weighted by molar-refractivity contribution is -0.163. The molecule has 1 heterocycles. The Labute approximate surface area is 191 Å². The second-order valence-corrected chi connectivity index (χ2v) is 9.58. The molecule has 0 unspecified atom stereocenters. The molecular weight excluding hydrogens is 406 g/mol. The molecule has 0 amide bonds. The molecule has 0 spiro atoms. The number of carbonyl (C=O) groups is 1. The number of carboxylic acid groups (broad SMARTS) is 1. The molecule has 2 atom stereocenters.